The summed E-state index contributed by atoms with van der Waals surface area (Å²) in [7, 11) is 0. The fraction of sp³-hybridized carbons (Fsp3) is 0.0625. The highest BCUT2D eigenvalue weighted by molar-refractivity contribution is 7.25. The molecule has 6 aromatic carbocycles. The Morgan fingerprint density at radius 3 is 1.94 bits per heavy atom. The van der Waals surface area contributed by atoms with Crippen LogP contribution in [0, 0.1) is 11.3 Å². The van der Waals surface area contributed by atoms with Crippen LogP contribution in [0.15, 0.2) is 152 Å². The predicted octanol–water partition coefficient (Wildman–Crippen LogP) is 12.1. The van der Waals surface area contributed by atoms with Gasteiger partial charge in [0.2, 0.25) is 0 Å². The summed E-state index contributed by atoms with van der Waals surface area (Å²) in [6.45, 7) is 4.48. The van der Waals surface area contributed by atoms with Crippen LogP contribution in [-0.2, 0) is 5.41 Å². The number of pyridine rings is 1. The highest BCUT2D eigenvalue weighted by Crippen LogP contribution is 2.50. The number of benzene rings is 6. The van der Waals surface area contributed by atoms with E-state index in [0.717, 1.165) is 39.1 Å². The number of hydrogen-bond acceptors (Lipinski definition) is 6. The van der Waals surface area contributed by atoms with Crippen molar-refractivity contribution in [3.63, 3.8) is 0 Å². The molecule has 3 heterocycles. The van der Waals surface area contributed by atoms with Gasteiger partial charge in [-0.15, -0.1) is 11.3 Å². The summed E-state index contributed by atoms with van der Waals surface area (Å²) in [6.07, 6.45) is 1.82. The van der Waals surface area contributed by atoms with Gasteiger partial charge in [-0.05, 0) is 94.0 Å². The molecular weight excluding hydrogens is 679 g/mol. The summed E-state index contributed by atoms with van der Waals surface area (Å²) in [5.41, 5.74) is 11.9. The van der Waals surface area contributed by atoms with E-state index in [1.807, 2.05) is 66.9 Å². The van der Waals surface area contributed by atoms with Crippen molar-refractivity contribution in [3.05, 3.63) is 168 Å². The third-order valence-electron chi connectivity index (χ3n) is 10.6. The van der Waals surface area contributed by atoms with E-state index >= 15 is 0 Å². The molecule has 0 spiro atoms. The first-order chi connectivity index (χ1) is 26.4. The number of aromatic nitrogens is 4. The van der Waals surface area contributed by atoms with Crippen LogP contribution in [-0.4, -0.2) is 19.9 Å². The van der Waals surface area contributed by atoms with Gasteiger partial charge < -0.3 is 0 Å². The molecule has 6 heteroatoms. The number of nitrogens with zero attached hydrogens (tertiary/aromatic N) is 5. The maximum atomic E-state index is 9.65. The van der Waals surface area contributed by atoms with Crippen molar-refractivity contribution in [3.8, 4) is 73.7 Å². The van der Waals surface area contributed by atoms with Gasteiger partial charge in [0.1, 0.15) is 0 Å². The maximum absolute atomic E-state index is 9.65. The minimum absolute atomic E-state index is 0.266. The lowest BCUT2D eigenvalue weighted by Crippen LogP contribution is -2.15. The molecule has 0 aliphatic heterocycles. The molecule has 1 aliphatic carbocycles. The van der Waals surface area contributed by atoms with Crippen molar-refractivity contribution < 1.29 is 0 Å². The molecule has 0 bridgehead atoms. The Labute approximate surface area is 317 Å². The molecular formula is C48H31N5S. The first-order valence-corrected chi connectivity index (χ1v) is 18.7. The van der Waals surface area contributed by atoms with Gasteiger partial charge in [-0.2, -0.15) is 5.26 Å². The summed E-state index contributed by atoms with van der Waals surface area (Å²) in [6, 6.07) is 52.7. The predicted molar refractivity (Wildman–Crippen MR) is 220 cm³/mol. The van der Waals surface area contributed by atoms with E-state index in [9.17, 15) is 5.26 Å². The van der Waals surface area contributed by atoms with E-state index in [4.69, 9.17) is 19.9 Å². The second kappa shape index (κ2) is 12.4. The van der Waals surface area contributed by atoms with Crippen LogP contribution in [0.1, 0.15) is 30.5 Å². The molecule has 0 fully saturated rings. The molecule has 5 nitrogen and oxygen atoms in total. The monoisotopic (exact) mass is 709 g/mol. The summed E-state index contributed by atoms with van der Waals surface area (Å²) in [4.78, 5) is 20.1. The normalized spacial score (nSPS) is 12.8. The van der Waals surface area contributed by atoms with Crippen molar-refractivity contribution in [2.45, 2.75) is 19.3 Å². The molecule has 0 saturated heterocycles. The smallest absolute Gasteiger partial charge is 0.164 e. The van der Waals surface area contributed by atoms with Crippen LogP contribution in [0.5, 0.6) is 0 Å². The molecule has 9 aromatic rings. The zero-order chi connectivity index (χ0) is 36.4. The molecule has 0 N–H and O–H groups in total. The first kappa shape index (κ1) is 31.9. The second-order valence-electron chi connectivity index (χ2n) is 14.3. The summed E-state index contributed by atoms with van der Waals surface area (Å²) >= 11 is 1.78. The largest absolute Gasteiger partial charge is 0.256 e. The lowest BCUT2D eigenvalue weighted by Gasteiger charge is -2.22. The topological polar surface area (TPSA) is 75.3 Å². The highest BCUT2D eigenvalue weighted by atomic mass is 32.1. The van der Waals surface area contributed by atoms with Crippen LogP contribution in [0.25, 0.3) is 87.8 Å². The first-order valence-electron chi connectivity index (χ1n) is 17.9. The average Bonchev–Trinajstić information content (AvgIpc) is 3.71. The van der Waals surface area contributed by atoms with Gasteiger partial charge in [-0.25, -0.2) is 15.0 Å². The zero-order valence-electron chi connectivity index (χ0n) is 29.6. The van der Waals surface area contributed by atoms with E-state index in [2.05, 4.69) is 105 Å². The fourth-order valence-corrected chi connectivity index (χ4v) is 8.95. The van der Waals surface area contributed by atoms with Crippen molar-refractivity contribution in [2.75, 3.05) is 0 Å². The van der Waals surface area contributed by atoms with Crippen LogP contribution in [0.3, 0.4) is 0 Å². The standard InChI is InChI=1S/C48H31N5S/c1-48(2)40-22-29(28-49)15-18-36(40)37-19-16-31(26-41(37)48)33-23-34(42-13-8-9-21-50-42)25-35(24-33)47-52-45(30-10-4-3-5-11-30)51-46(53-47)32-17-20-39-38-12-6-7-14-43(38)54-44(39)27-32/h3-27H,1-2H3. The van der Waals surface area contributed by atoms with Gasteiger partial charge in [0.15, 0.2) is 17.5 Å². The second-order valence-corrected chi connectivity index (χ2v) is 15.3. The van der Waals surface area contributed by atoms with Crippen LogP contribution >= 0.6 is 11.3 Å². The average molecular weight is 710 g/mol. The Hall–Kier alpha value is -6.81. The number of thiophene rings is 1. The Morgan fingerprint density at radius 2 is 1.15 bits per heavy atom. The Kier molecular flexibility index (Phi) is 7.33. The Morgan fingerprint density at radius 1 is 0.500 bits per heavy atom. The van der Waals surface area contributed by atoms with Crippen molar-refractivity contribution in [1.82, 2.24) is 19.9 Å². The van der Waals surface area contributed by atoms with Gasteiger partial charge in [0.05, 0.1) is 17.3 Å². The SMILES string of the molecule is CC1(C)c2cc(C#N)ccc2-c2ccc(-c3cc(-c4ccccn4)cc(-c4nc(-c5ccccc5)nc(-c5ccc6c(c5)sc5ccccc56)n4)c3)cc21. The molecule has 1 aliphatic rings. The molecule has 254 valence electrons. The van der Waals surface area contributed by atoms with E-state index < -0.39 is 0 Å². The quantitative estimate of drug-likeness (QED) is 0.178. The molecule has 0 radical (unpaired) electrons. The van der Waals surface area contributed by atoms with Crippen molar-refractivity contribution >= 4 is 31.5 Å². The van der Waals surface area contributed by atoms with Gasteiger partial charge in [-0.3, -0.25) is 4.98 Å². The number of rotatable bonds is 5. The molecule has 3 aromatic heterocycles. The van der Waals surface area contributed by atoms with Crippen molar-refractivity contribution in [2.24, 2.45) is 0 Å². The fourth-order valence-electron chi connectivity index (χ4n) is 7.81. The lowest BCUT2D eigenvalue weighted by molar-refractivity contribution is 0.660. The third-order valence-corrected chi connectivity index (χ3v) is 11.7. The number of nitriles is 1. The minimum Gasteiger partial charge on any atom is -0.256 e. The number of hydrogen-bond donors (Lipinski definition) is 0. The highest BCUT2D eigenvalue weighted by Gasteiger charge is 2.36. The maximum Gasteiger partial charge on any atom is 0.164 e. The van der Waals surface area contributed by atoms with Gasteiger partial charge in [0.25, 0.3) is 0 Å². The van der Waals surface area contributed by atoms with Crippen molar-refractivity contribution in [1.29, 1.82) is 5.26 Å². The molecule has 54 heavy (non-hydrogen) atoms. The van der Waals surface area contributed by atoms with Crippen LogP contribution < -0.4 is 0 Å². The van der Waals surface area contributed by atoms with Gasteiger partial charge in [0, 0.05) is 54.0 Å². The molecule has 0 unspecified atom stereocenters. The molecule has 0 atom stereocenters. The Balaban J connectivity index is 1.16. The van der Waals surface area contributed by atoms with E-state index in [0.29, 0.717) is 23.0 Å². The van der Waals surface area contributed by atoms with Crippen LogP contribution in [0.2, 0.25) is 0 Å². The summed E-state index contributed by atoms with van der Waals surface area (Å²) in [5, 5.41) is 12.1. The summed E-state index contributed by atoms with van der Waals surface area (Å²) in [5.74, 6) is 1.83. The Bertz CT molecular complexity index is 2980. The zero-order valence-corrected chi connectivity index (χ0v) is 30.4. The number of fused-ring (bicyclic) bond motifs is 6. The van der Waals surface area contributed by atoms with Gasteiger partial charge >= 0.3 is 0 Å². The minimum atomic E-state index is -0.266. The van der Waals surface area contributed by atoms with E-state index in [-0.39, 0.29) is 5.41 Å². The third kappa shape index (κ3) is 5.29. The van der Waals surface area contributed by atoms with Gasteiger partial charge in [-0.1, -0.05) is 98.8 Å². The molecule has 0 amide bonds. The van der Waals surface area contributed by atoms with E-state index in [1.165, 1.54) is 42.4 Å². The lowest BCUT2D eigenvalue weighted by atomic mass is 9.81. The molecule has 0 saturated carbocycles. The summed E-state index contributed by atoms with van der Waals surface area (Å²) < 4.78 is 2.46. The molecule has 10 rings (SSSR count). The van der Waals surface area contributed by atoms with E-state index in [1.54, 1.807) is 11.3 Å². The van der Waals surface area contributed by atoms with Crippen LogP contribution in [0.4, 0.5) is 0 Å².